The standard InChI is InChI=1S/C13H20N4O3/c1-3-13(11(18)19)6-4-7-17(13)12(20)14-9-10-5-8-16(2)15-10/h5,8H,3-4,6-7,9H2,1-2H3,(H,14,20)(H,18,19). The highest BCUT2D eigenvalue weighted by Crippen LogP contribution is 2.32. The zero-order valence-electron chi connectivity index (χ0n) is 11.8. The number of likely N-dealkylation sites (tertiary alicyclic amines) is 1. The molecule has 1 saturated heterocycles. The highest BCUT2D eigenvalue weighted by molar-refractivity contribution is 5.87. The van der Waals surface area contributed by atoms with Gasteiger partial charge in [0.2, 0.25) is 0 Å². The molecule has 1 aliphatic rings. The van der Waals surface area contributed by atoms with E-state index in [1.165, 1.54) is 4.90 Å². The molecule has 0 spiro atoms. The summed E-state index contributed by atoms with van der Waals surface area (Å²) < 4.78 is 1.66. The lowest BCUT2D eigenvalue weighted by molar-refractivity contribution is -0.148. The molecular formula is C13H20N4O3. The third kappa shape index (κ3) is 2.48. The maximum absolute atomic E-state index is 12.2. The molecule has 1 unspecified atom stereocenters. The molecular weight excluding hydrogens is 260 g/mol. The molecule has 2 rings (SSSR count). The number of amides is 2. The minimum Gasteiger partial charge on any atom is -0.479 e. The van der Waals surface area contributed by atoms with Gasteiger partial charge in [-0.25, -0.2) is 9.59 Å². The van der Waals surface area contributed by atoms with Crippen molar-refractivity contribution in [3.8, 4) is 0 Å². The Balaban J connectivity index is 2.02. The Labute approximate surface area is 117 Å². The van der Waals surface area contributed by atoms with Crippen LogP contribution in [0.4, 0.5) is 4.79 Å². The molecule has 0 aliphatic carbocycles. The molecule has 2 N–H and O–H groups in total. The van der Waals surface area contributed by atoms with E-state index in [-0.39, 0.29) is 6.03 Å². The molecule has 2 heterocycles. The van der Waals surface area contributed by atoms with Crippen LogP contribution in [0.3, 0.4) is 0 Å². The van der Waals surface area contributed by atoms with Gasteiger partial charge in [-0.1, -0.05) is 6.92 Å². The van der Waals surface area contributed by atoms with Gasteiger partial charge in [-0.15, -0.1) is 0 Å². The maximum Gasteiger partial charge on any atom is 0.329 e. The van der Waals surface area contributed by atoms with Crippen LogP contribution in [-0.4, -0.2) is 43.9 Å². The molecule has 1 aromatic heterocycles. The number of aryl methyl sites for hydroxylation is 1. The van der Waals surface area contributed by atoms with E-state index in [9.17, 15) is 14.7 Å². The fourth-order valence-corrected chi connectivity index (χ4v) is 2.73. The van der Waals surface area contributed by atoms with Crippen molar-refractivity contribution in [1.82, 2.24) is 20.0 Å². The van der Waals surface area contributed by atoms with Crippen molar-refractivity contribution in [3.05, 3.63) is 18.0 Å². The molecule has 110 valence electrons. The molecule has 0 saturated carbocycles. The SMILES string of the molecule is CCC1(C(=O)O)CCCN1C(=O)NCc1ccn(C)n1. The van der Waals surface area contributed by atoms with Crippen molar-refractivity contribution < 1.29 is 14.7 Å². The number of urea groups is 1. The van der Waals surface area contributed by atoms with Crippen LogP contribution in [0.5, 0.6) is 0 Å². The third-order valence-electron chi connectivity index (χ3n) is 3.91. The van der Waals surface area contributed by atoms with Gasteiger partial charge in [0.05, 0.1) is 12.2 Å². The number of nitrogens with one attached hydrogen (secondary N) is 1. The first kappa shape index (κ1) is 14.4. The van der Waals surface area contributed by atoms with Gasteiger partial charge in [0.1, 0.15) is 5.54 Å². The van der Waals surface area contributed by atoms with Gasteiger partial charge in [0.15, 0.2) is 0 Å². The fourth-order valence-electron chi connectivity index (χ4n) is 2.73. The van der Waals surface area contributed by atoms with E-state index in [0.29, 0.717) is 25.9 Å². The average molecular weight is 280 g/mol. The molecule has 1 aliphatic heterocycles. The first-order valence-corrected chi connectivity index (χ1v) is 6.77. The molecule has 20 heavy (non-hydrogen) atoms. The molecule has 0 radical (unpaired) electrons. The molecule has 1 aromatic rings. The summed E-state index contributed by atoms with van der Waals surface area (Å²) in [5.41, 5.74) is -0.314. The predicted octanol–water partition coefficient (Wildman–Crippen LogP) is 0.959. The Hall–Kier alpha value is -2.05. The summed E-state index contributed by atoms with van der Waals surface area (Å²) in [5, 5.41) is 16.3. The van der Waals surface area contributed by atoms with Crippen LogP contribution in [0.1, 0.15) is 31.9 Å². The van der Waals surface area contributed by atoms with Crippen molar-refractivity contribution >= 4 is 12.0 Å². The molecule has 7 heteroatoms. The molecule has 0 aromatic carbocycles. The van der Waals surface area contributed by atoms with E-state index in [1.54, 1.807) is 24.9 Å². The van der Waals surface area contributed by atoms with E-state index in [0.717, 1.165) is 12.1 Å². The molecule has 1 atom stereocenters. The second-order valence-corrected chi connectivity index (χ2v) is 5.08. The quantitative estimate of drug-likeness (QED) is 0.860. The Morgan fingerprint density at radius 1 is 1.55 bits per heavy atom. The van der Waals surface area contributed by atoms with Gasteiger partial charge < -0.3 is 15.3 Å². The summed E-state index contributed by atoms with van der Waals surface area (Å²) in [6, 6.07) is 1.48. The highest BCUT2D eigenvalue weighted by Gasteiger charge is 2.48. The van der Waals surface area contributed by atoms with Gasteiger partial charge in [0, 0.05) is 19.8 Å². The summed E-state index contributed by atoms with van der Waals surface area (Å²) in [5.74, 6) is -0.925. The van der Waals surface area contributed by atoms with Gasteiger partial charge >= 0.3 is 12.0 Å². The Bertz CT molecular complexity index is 513. The molecule has 7 nitrogen and oxygen atoms in total. The second kappa shape index (κ2) is 5.52. The van der Waals surface area contributed by atoms with Gasteiger partial charge in [-0.05, 0) is 25.3 Å². The Morgan fingerprint density at radius 3 is 2.85 bits per heavy atom. The summed E-state index contributed by atoms with van der Waals surface area (Å²) >= 11 is 0. The fraction of sp³-hybridized carbons (Fsp3) is 0.615. The third-order valence-corrected chi connectivity index (χ3v) is 3.91. The largest absolute Gasteiger partial charge is 0.479 e. The number of nitrogens with zero attached hydrogens (tertiary/aromatic N) is 3. The number of carboxylic acid groups (broad SMARTS) is 1. The van der Waals surface area contributed by atoms with Crippen LogP contribution in [0, 0.1) is 0 Å². The number of carbonyl (C=O) groups is 2. The lowest BCUT2D eigenvalue weighted by atomic mass is 9.93. The summed E-state index contributed by atoms with van der Waals surface area (Å²) in [6.45, 7) is 2.59. The van der Waals surface area contributed by atoms with Crippen LogP contribution in [0.2, 0.25) is 0 Å². The smallest absolute Gasteiger partial charge is 0.329 e. The summed E-state index contributed by atoms with van der Waals surface area (Å²) in [4.78, 5) is 25.2. The zero-order chi connectivity index (χ0) is 14.8. The Morgan fingerprint density at radius 2 is 2.30 bits per heavy atom. The number of aromatic nitrogens is 2. The van der Waals surface area contributed by atoms with Crippen molar-refractivity contribution in [2.24, 2.45) is 7.05 Å². The second-order valence-electron chi connectivity index (χ2n) is 5.08. The van der Waals surface area contributed by atoms with E-state index < -0.39 is 11.5 Å². The highest BCUT2D eigenvalue weighted by atomic mass is 16.4. The van der Waals surface area contributed by atoms with Crippen LogP contribution in [0.25, 0.3) is 0 Å². The number of hydrogen-bond donors (Lipinski definition) is 2. The summed E-state index contributed by atoms with van der Waals surface area (Å²) in [6.07, 6.45) is 3.44. The number of rotatable bonds is 4. The van der Waals surface area contributed by atoms with Crippen LogP contribution < -0.4 is 5.32 Å². The first-order chi connectivity index (χ1) is 9.49. The molecule has 0 bridgehead atoms. The number of carboxylic acids is 1. The average Bonchev–Trinajstić information content (AvgIpc) is 3.02. The normalized spacial score (nSPS) is 22.0. The Kier molecular flexibility index (Phi) is 3.96. The lowest BCUT2D eigenvalue weighted by Gasteiger charge is -2.33. The van der Waals surface area contributed by atoms with Crippen molar-refractivity contribution in [2.75, 3.05) is 6.54 Å². The lowest BCUT2D eigenvalue weighted by Crippen LogP contribution is -2.55. The van der Waals surface area contributed by atoms with Gasteiger partial charge in [0.25, 0.3) is 0 Å². The van der Waals surface area contributed by atoms with Crippen LogP contribution in [0.15, 0.2) is 12.3 Å². The van der Waals surface area contributed by atoms with Crippen molar-refractivity contribution in [1.29, 1.82) is 0 Å². The molecule has 2 amide bonds. The van der Waals surface area contributed by atoms with E-state index in [1.807, 2.05) is 6.07 Å². The topological polar surface area (TPSA) is 87.5 Å². The summed E-state index contributed by atoms with van der Waals surface area (Å²) in [7, 11) is 1.80. The number of carbonyl (C=O) groups excluding carboxylic acids is 1. The van der Waals surface area contributed by atoms with E-state index >= 15 is 0 Å². The molecule has 1 fully saturated rings. The van der Waals surface area contributed by atoms with Crippen molar-refractivity contribution in [2.45, 2.75) is 38.3 Å². The van der Waals surface area contributed by atoms with Crippen LogP contribution >= 0.6 is 0 Å². The number of aliphatic carboxylic acids is 1. The number of hydrogen-bond acceptors (Lipinski definition) is 3. The maximum atomic E-state index is 12.2. The van der Waals surface area contributed by atoms with E-state index in [2.05, 4.69) is 10.4 Å². The van der Waals surface area contributed by atoms with Gasteiger partial charge in [-0.2, -0.15) is 5.10 Å². The zero-order valence-corrected chi connectivity index (χ0v) is 11.8. The monoisotopic (exact) mass is 280 g/mol. The van der Waals surface area contributed by atoms with E-state index in [4.69, 9.17) is 0 Å². The first-order valence-electron chi connectivity index (χ1n) is 6.77. The van der Waals surface area contributed by atoms with Gasteiger partial charge in [-0.3, -0.25) is 4.68 Å². The minimum atomic E-state index is -1.06. The predicted molar refractivity (Wildman–Crippen MR) is 72.0 cm³/mol. The minimum absolute atomic E-state index is 0.301. The van der Waals surface area contributed by atoms with Crippen molar-refractivity contribution in [3.63, 3.8) is 0 Å². The van der Waals surface area contributed by atoms with Crippen LogP contribution in [-0.2, 0) is 18.4 Å².